The fourth-order valence-electron chi connectivity index (χ4n) is 1.53. The van der Waals surface area contributed by atoms with Crippen LogP contribution >= 0.6 is 27.5 Å². The molecule has 0 bridgehead atoms. The normalized spacial score (nSPS) is 11.5. The maximum absolute atomic E-state index is 14.2. The first-order valence-corrected chi connectivity index (χ1v) is 6.70. The number of nitrogens with zero attached hydrogens (tertiary/aromatic N) is 1. The minimum absolute atomic E-state index is 0.0245. The third kappa shape index (κ3) is 3.25. The molecular weight excluding hydrogens is 370 g/mol. The van der Waals surface area contributed by atoms with Crippen molar-refractivity contribution in [2.45, 2.75) is 0 Å². The van der Waals surface area contributed by atoms with Crippen LogP contribution in [0.4, 0.5) is 8.78 Å². The van der Waals surface area contributed by atoms with Gasteiger partial charge >= 0.3 is 0 Å². The second-order valence-corrected chi connectivity index (χ2v) is 5.10. The molecule has 0 aliphatic heterocycles. The fraction of sp³-hybridized carbons (Fsp3) is 0. The van der Waals surface area contributed by atoms with Gasteiger partial charge in [0, 0.05) is 11.6 Å². The van der Waals surface area contributed by atoms with Crippen LogP contribution in [0.2, 0.25) is 5.02 Å². The van der Waals surface area contributed by atoms with E-state index >= 15 is 0 Å². The summed E-state index contributed by atoms with van der Waals surface area (Å²) in [6.45, 7) is 0. The molecule has 0 saturated carbocycles. The van der Waals surface area contributed by atoms with Crippen LogP contribution in [0.15, 0.2) is 40.0 Å². The molecule has 0 heterocycles. The minimum atomic E-state index is -0.750. The molecular formula is C13H8BrClF2N2O2. The molecule has 0 unspecified atom stereocenters. The first-order chi connectivity index (χ1) is 9.93. The highest BCUT2D eigenvalue weighted by Crippen LogP contribution is 2.32. The van der Waals surface area contributed by atoms with E-state index in [2.05, 4.69) is 21.1 Å². The molecule has 0 aliphatic carbocycles. The predicted molar refractivity (Wildman–Crippen MR) is 78.1 cm³/mol. The van der Waals surface area contributed by atoms with Gasteiger partial charge in [-0.15, -0.1) is 0 Å². The second kappa shape index (κ2) is 6.28. The summed E-state index contributed by atoms with van der Waals surface area (Å²) in [4.78, 5) is 0. The average molecular weight is 378 g/mol. The van der Waals surface area contributed by atoms with Crippen LogP contribution in [0.25, 0.3) is 0 Å². The van der Waals surface area contributed by atoms with Crippen LogP contribution in [0.3, 0.4) is 0 Å². The molecule has 0 fully saturated rings. The van der Waals surface area contributed by atoms with E-state index in [4.69, 9.17) is 27.3 Å². The van der Waals surface area contributed by atoms with Gasteiger partial charge in [0.05, 0.1) is 9.50 Å². The summed E-state index contributed by atoms with van der Waals surface area (Å²) in [6.07, 6.45) is 0. The van der Waals surface area contributed by atoms with Gasteiger partial charge in [-0.1, -0.05) is 16.8 Å². The SMILES string of the molecule is N/C(=N/O)c1ccc(Oc2ccc(F)c(Cl)c2)c(F)c1Br. The predicted octanol–water partition coefficient (Wildman–Crippen LogP) is 4.27. The van der Waals surface area contributed by atoms with E-state index in [1.54, 1.807) is 0 Å². The van der Waals surface area contributed by atoms with Crippen molar-refractivity contribution in [2.75, 3.05) is 0 Å². The maximum atomic E-state index is 14.2. The number of ether oxygens (including phenoxy) is 1. The van der Waals surface area contributed by atoms with Crippen molar-refractivity contribution < 1.29 is 18.7 Å². The molecule has 4 nitrogen and oxygen atoms in total. The van der Waals surface area contributed by atoms with Crippen LogP contribution in [0.1, 0.15) is 5.56 Å². The van der Waals surface area contributed by atoms with Gasteiger partial charge in [0.15, 0.2) is 17.4 Å². The van der Waals surface area contributed by atoms with Crippen molar-refractivity contribution in [1.29, 1.82) is 0 Å². The zero-order chi connectivity index (χ0) is 15.6. The first-order valence-electron chi connectivity index (χ1n) is 5.53. The highest BCUT2D eigenvalue weighted by atomic mass is 79.9. The molecule has 8 heteroatoms. The number of oxime groups is 1. The van der Waals surface area contributed by atoms with Crippen LogP contribution in [-0.2, 0) is 0 Å². The molecule has 2 rings (SSSR count). The molecule has 2 aromatic carbocycles. The lowest BCUT2D eigenvalue weighted by atomic mass is 10.2. The Hall–Kier alpha value is -1.86. The topological polar surface area (TPSA) is 67.8 Å². The lowest BCUT2D eigenvalue weighted by Gasteiger charge is -2.10. The largest absolute Gasteiger partial charge is 0.454 e. The first kappa shape index (κ1) is 15.5. The van der Waals surface area contributed by atoms with Crippen LogP contribution in [0.5, 0.6) is 11.5 Å². The van der Waals surface area contributed by atoms with Crippen molar-refractivity contribution in [2.24, 2.45) is 10.9 Å². The van der Waals surface area contributed by atoms with Gasteiger partial charge in [-0.05, 0) is 40.2 Å². The van der Waals surface area contributed by atoms with Gasteiger partial charge in [-0.2, -0.15) is 0 Å². The fourth-order valence-corrected chi connectivity index (χ4v) is 2.23. The van der Waals surface area contributed by atoms with E-state index in [9.17, 15) is 8.78 Å². The number of rotatable bonds is 3. The molecule has 0 amide bonds. The Balaban J connectivity index is 2.37. The lowest BCUT2D eigenvalue weighted by Crippen LogP contribution is -2.14. The minimum Gasteiger partial charge on any atom is -0.454 e. The highest BCUT2D eigenvalue weighted by Gasteiger charge is 2.16. The Labute approximate surface area is 131 Å². The second-order valence-electron chi connectivity index (χ2n) is 3.90. The van der Waals surface area contributed by atoms with E-state index in [0.29, 0.717) is 0 Å². The summed E-state index contributed by atoms with van der Waals surface area (Å²) >= 11 is 8.62. The van der Waals surface area contributed by atoms with E-state index < -0.39 is 11.6 Å². The number of hydrogen-bond acceptors (Lipinski definition) is 3. The molecule has 0 saturated heterocycles. The van der Waals surface area contributed by atoms with Crippen LogP contribution in [0, 0.1) is 11.6 Å². The van der Waals surface area contributed by atoms with Crippen molar-refractivity contribution in [1.82, 2.24) is 0 Å². The summed E-state index contributed by atoms with van der Waals surface area (Å²) in [6, 6.07) is 6.34. The van der Waals surface area contributed by atoms with Gasteiger partial charge in [-0.25, -0.2) is 8.78 Å². The number of benzene rings is 2. The number of hydrogen-bond donors (Lipinski definition) is 2. The molecule has 110 valence electrons. The lowest BCUT2D eigenvalue weighted by molar-refractivity contribution is 0.318. The molecule has 21 heavy (non-hydrogen) atoms. The van der Waals surface area contributed by atoms with E-state index in [0.717, 1.165) is 6.07 Å². The molecule has 0 aliphatic rings. The van der Waals surface area contributed by atoms with E-state index in [1.165, 1.54) is 24.3 Å². The van der Waals surface area contributed by atoms with Crippen LogP contribution in [-0.4, -0.2) is 11.0 Å². The molecule has 3 N–H and O–H groups in total. The summed E-state index contributed by atoms with van der Waals surface area (Å²) in [5.41, 5.74) is 5.57. The van der Waals surface area contributed by atoms with Gasteiger partial charge in [-0.3, -0.25) is 0 Å². The Morgan fingerprint density at radius 3 is 2.62 bits per heavy atom. The van der Waals surface area contributed by atoms with Crippen LogP contribution < -0.4 is 10.5 Å². The van der Waals surface area contributed by atoms with E-state index in [1.807, 2.05) is 0 Å². The number of nitrogens with two attached hydrogens (primary N) is 1. The summed E-state index contributed by atoms with van der Waals surface area (Å²) in [7, 11) is 0. The third-order valence-corrected chi connectivity index (χ3v) is 3.61. The van der Waals surface area contributed by atoms with E-state index in [-0.39, 0.29) is 32.4 Å². The summed E-state index contributed by atoms with van der Waals surface area (Å²) in [5, 5.41) is 11.3. The molecule has 2 aromatic rings. The van der Waals surface area contributed by atoms with Gasteiger partial charge in [0.25, 0.3) is 0 Å². The quantitative estimate of drug-likeness (QED) is 0.363. The Bertz CT molecular complexity index is 726. The molecule has 0 aromatic heterocycles. The zero-order valence-electron chi connectivity index (χ0n) is 10.3. The number of halogens is 4. The van der Waals surface area contributed by atoms with Gasteiger partial charge in [0.1, 0.15) is 11.6 Å². The average Bonchev–Trinajstić information content (AvgIpc) is 2.47. The van der Waals surface area contributed by atoms with Crippen molar-refractivity contribution >= 4 is 33.4 Å². The summed E-state index contributed by atoms with van der Waals surface area (Å²) in [5.74, 6) is -1.56. The third-order valence-electron chi connectivity index (χ3n) is 2.55. The van der Waals surface area contributed by atoms with Gasteiger partial charge in [0.2, 0.25) is 0 Å². The van der Waals surface area contributed by atoms with Crippen molar-refractivity contribution in [3.8, 4) is 11.5 Å². The molecule has 0 radical (unpaired) electrons. The Kier molecular flexibility index (Phi) is 4.64. The van der Waals surface area contributed by atoms with Crippen molar-refractivity contribution in [3.63, 3.8) is 0 Å². The summed E-state index contributed by atoms with van der Waals surface area (Å²) < 4.78 is 32.5. The molecule has 0 spiro atoms. The molecule has 0 atom stereocenters. The standard InChI is InChI=1S/C13H8BrClF2N2O2/c14-11-7(13(18)19-20)2-4-10(12(11)17)21-6-1-3-9(16)8(15)5-6/h1-5,20H,(H2,18,19). The van der Waals surface area contributed by atoms with Crippen molar-refractivity contribution in [3.05, 3.63) is 57.0 Å². The maximum Gasteiger partial charge on any atom is 0.180 e. The highest BCUT2D eigenvalue weighted by molar-refractivity contribution is 9.10. The Morgan fingerprint density at radius 1 is 1.29 bits per heavy atom. The Morgan fingerprint density at radius 2 is 2.00 bits per heavy atom. The smallest absolute Gasteiger partial charge is 0.180 e. The zero-order valence-corrected chi connectivity index (χ0v) is 12.6. The van der Waals surface area contributed by atoms with Gasteiger partial charge < -0.3 is 15.7 Å². The monoisotopic (exact) mass is 376 g/mol. The number of amidine groups is 1.